The molecule has 0 amide bonds. The van der Waals surface area contributed by atoms with Crippen LogP contribution in [-0.2, 0) is 0 Å². The van der Waals surface area contributed by atoms with Gasteiger partial charge >= 0.3 is 5.97 Å². The van der Waals surface area contributed by atoms with Gasteiger partial charge in [-0.3, -0.25) is 10.1 Å². The summed E-state index contributed by atoms with van der Waals surface area (Å²) in [6.45, 7) is 0. The Bertz CT molecular complexity index is 533. The predicted molar refractivity (Wildman–Crippen MR) is 62.4 cm³/mol. The number of nitro benzene ring substituents is 1. The number of ether oxygens (including phenoxy) is 1. The van der Waals surface area contributed by atoms with E-state index in [1.165, 1.54) is 35.6 Å². The van der Waals surface area contributed by atoms with E-state index in [4.69, 9.17) is 4.74 Å². The molecule has 6 heteroatoms. The largest absolute Gasteiger partial charge is 0.422 e. The van der Waals surface area contributed by atoms with Crippen molar-refractivity contribution < 1.29 is 14.5 Å². The molecule has 1 aromatic heterocycles. The number of thiophene rings is 1. The third kappa shape index (κ3) is 2.67. The van der Waals surface area contributed by atoms with Crippen molar-refractivity contribution >= 4 is 23.0 Å². The van der Waals surface area contributed by atoms with Crippen LogP contribution in [0, 0.1) is 10.1 Å². The highest BCUT2D eigenvalue weighted by atomic mass is 32.1. The molecule has 5 nitrogen and oxygen atoms in total. The van der Waals surface area contributed by atoms with Crippen molar-refractivity contribution in [3.05, 3.63) is 56.8 Å². The van der Waals surface area contributed by atoms with Gasteiger partial charge in [0.15, 0.2) is 0 Å². The Kier molecular flexibility index (Phi) is 3.15. The Morgan fingerprint density at radius 2 is 1.94 bits per heavy atom. The van der Waals surface area contributed by atoms with Crippen molar-refractivity contribution in [2.24, 2.45) is 0 Å². The molecule has 0 fully saturated rings. The number of carbonyl (C=O) groups is 1. The number of non-ortho nitro benzene ring substituents is 1. The van der Waals surface area contributed by atoms with E-state index >= 15 is 0 Å². The minimum absolute atomic E-state index is 0.0408. The highest BCUT2D eigenvalue weighted by molar-refractivity contribution is 7.12. The molecule has 0 radical (unpaired) electrons. The number of hydrogen-bond acceptors (Lipinski definition) is 5. The fraction of sp³-hybridized carbons (Fsp3) is 0. The van der Waals surface area contributed by atoms with Crippen molar-refractivity contribution in [1.29, 1.82) is 0 Å². The molecule has 0 unspecified atom stereocenters. The van der Waals surface area contributed by atoms with Crippen LogP contribution in [0.1, 0.15) is 9.67 Å². The molecular formula is C11H7NO4S. The summed E-state index contributed by atoms with van der Waals surface area (Å²) in [6.07, 6.45) is 0. The number of nitro groups is 1. The molecule has 0 spiro atoms. The van der Waals surface area contributed by atoms with E-state index in [9.17, 15) is 14.9 Å². The van der Waals surface area contributed by atoms with E-state index in [-0.39, 0.29) is 11.4 Å². The predicted octanol–water partition coefficient (Wildman–Crippen LogP) is 2.88. The first-order chi connectivity index (χ1) is 8.16. The summed E-state index contributed by atoms with van der Waals surface area (Å²) in [6, 6.07) is 8.76. The van der Waals surface area contributed by atoms with Crippen molar-refractivity contribution in [1.82, 2.24) is 0 Å². The fourth-order valence-electron chi connectivity index (χ4n) is 1.19. The molecule has 0 aliphatic carbocycles. The van der Waals surface area contributed by atoms with E-state index in [2.05, 4.69) is 0 Å². The number of nitrogens with zero attached hydrogens (tertiary/aromatic N) is 1. The van der Waals surface area contributed by atoms with Gasteiger partial charge in [0.1, 0.15) is 10.6 Å². The van der Waals surface area contributed by atoms with Crippen LogP contribution in [0.3, 0.4) is 0 Å². The highest BCUT2D eigenvalue weighted by Crippen LogP contribution is 2.19. The summed E-state index contributed by atoms with van der Waals surface area (Å²) < 4.78 is 5.04. The Labute approximate surface area is 100 Å². The van der Waals surface area contributed by atoms with Crippen LogP contribution in [-0.4, -0.2) is 10.9 Å². The highest BCUT2D eigenvalue weighted by Gasteiger charge is 2.10. The van der Waals surface area contributed by atoms with E-state index in [1.807, 2.05) is 0 Å². The van der Waals surface area contributed by atoms with Crippen LogP contribution < -0.4 is 4.74 Å². The number of rotatable bonds is 3. The molecule has 0 aliphatic rings. The summed E-state index contributed by atoms with van der Waals surface area (Å²) >= 11 is 1.28. The lowest BCUT2D eigenvalue weighted by Crippen LogP contribution is -2.06. The molecule has 0 atom stereocenters. The van der Waals surface area contributed by atoms with Gasteiger partial charge in [0.2, 0.25) is 0 Å². The molecule has 86 valence electrons. The van der Waals surface area contributed by atoms with Gasteiger partial charge in [-0.2, -0.15) is 0 Å². The average Bonchev–Trinajstić information content (AvgIpc) is 2.83. The summed E-state index contributed by atoms with van der Waals surface area (Å²) in [5, 5.41) is 12.2. The maximum Gasteiger partial charge on any atom is 0.353 e. The second kappa shape index (κ2) is 4.75. The van der Waals surface area contributed by atoms with Gasteiger partial charge in [0.05, 0.1) is 4.92 Å². The second-order valence-corrected chi connectivity index (χ2v) is 4.07. The van der Waals surface area contributed by atoms with Crippen molar-refractivity contribution in [3.63, 3.8) is 0 Å². The molecular weight excluding hydrogens is 242 g/mol. The van der Waals surface area contributed by atoms with Crippen molar-refractivity contribution in [2.45, 2.75) is 0 Å². The lowest BCUT2D eigenvalue weighted by Gasteiger charge is -2.01. The minimum Gasteiger partial charge on any atom is -0.422 e. The summed E-state index contributed by atoms with van der Waals surface area (Å²) in [5.41, 5.74) is -0.0408. The molecule has 0 aliphatic heterocycles. The number of hydrogen-bond donors (Lipinski definition) is 0. The van der Waals surface area contributed by atoms with E-state index in [0.717, 1.165) is 0 Å². The van der Waals surface area contributed by atoms with Crippen LogP contribution in [0.25, 0.3) is 0 Å². The van der Waals surface area contributed by atoms with Crippen LogP contribution in [0.2, 0.25) is 0 Å². The Morgan fingerprint density at radius 1 is 1.24 bits per heavy atom. The van der Waals surface area contributed by atoms with Crippen LogP contribution in [0.15, 0.2) is 41.8 Å². The van der Waals surface area contributed by atoms with Gasteiger partial charge in [0.25, 0.3) is 5.69 Å². The standard InChI is InChI=1S/C11H7NO4S/c13-11(10-2-1-7-17-10)16-9-5-3-8(4-6-9)12(14)15/h1-7H. The molecule has 2 aromatic rings. The Morgan fingerprint density at radius 3 is 2.47 bits per heavy atom. The Hall–Kier alpha value is -2.21. The lowest BCUT2D eigenvalue weighted by molar-refractivity contribution is -0.384. The number of carbonyl (C=O) groups excluding carboxylic acids is 1. The third-order valence-electron chi connectivity index (χ3n) is 1.98. The zero-order valence-corrected chi connectivity index (χ0v) is 9.35. The van der Waals surface area contributed by atoms with Gasteiger partial charge in [-0.25, -0.2) is 4.79 Å². The van der Waals surface area contributed by atoms with Gasteiger partial charge in [-0.15, -0.1) is 11.3 Å². The average molecular weight is 249 g/mol. The maximum atomic E-state index is 11.5. The molecule has 0 bridgehead atoms. The van der Waals surface area contributed by atoms with Crippen LogP contribution >= 0.6 is 11.3 Å². The summed E-state index contributed by atoms with van der Waals surface area (Å²) in [4.78, 5) is 21.9. The van der Waals surface area contributed by atoms with Gasteiger partial charge in [0, 0.05) is 12.1 Å². The monoisotopic (exact) mass is 249 g/mol. The van der Waals surface area contributed by atoms with Crippen LogP contribution in [0.5, 0.6) is 5.75 Å². The molecule has 0 N–H and O–H groups in total. The maximum absolute atomic E-state index is 11.5. The van der Waals surface area contributed by atoms with E-state index < -0.39 is 10.9 Å². The summed E-state index contributed by atoms with van der Waals surface area (Å²) in [5.74, 6) is -0.178. The third-order valence-corrected chi connectivity index (χ3v) is 2.83. The van der Waals surface area contributed by atoms with Crippen LogP contribution in [0.4, 0.5) is 5.69 Å². The first kappa shape index (κ1) is 11.3. The molecule has 1 heterocycles. The van der Waals surface area contributed by atoms with Gasteiger partial charge < -0.3 is 4.74 Å². The molecule has 0 saturated heterocycles. The molecule has 2 rings (SSSR count). The van der Waals surface area contributed by atoms with Crippen molar-refractivity contribution in [2.75, 3.05) is 0 Å². The van der Waals surface area contributed by atoms with E-state index in [0.29, 0.717) is 4.88 Å². The first-order valence-electron chi connectivity index (χ1n) is 4.67. The number of benzene rings is 1. The summed E-state index contributed by atoms with van der Waals surface area (Å²) in [7, 11) is 0. The normalized spacial score (nSPS) is 9.88. The first-order valence-corrected chi connectivity index (χ1v) is 5.55. The topological polar surface area (TPSA) is 69.4 Å². The van der Waals surface area contributed by atoms with Gasteiger partial charge in [-0.1, -0.05) is 6.07 Å². The second-order valence-electron chi connectivity index (χ2n) is 3.12. The molecule has 0 saturated carbocycles. The van der Waals surface area contributed by atoms with Gasteiger partial charge in [-0.05, 0) is 23.6 Å². The molecule has 1 aromatic carbocycles. The lowest BCUT2D eigenvalue weighted by atomic mass is 10.3. The number of esters is 1. The minimum atomic E-state index is -0.509. The SMILES string of the molecule is O=C(Oc1ccc([N+](=O)[O-])cc1)c1cccs1. The smallest absolute Gasteiger partial charge is 0.353 e. The fourth-order valence-corrected chi connectivity index (χ4v) is 1.79. The van der Waals surface area contributed by atoms with E-state index in [1.54, 1.807) is 17.5 Å². The zero-order chi connectivity index (χ0) is 12.3. The quantitative estimate of drug-likeness (QED) is 0.363. The van der Waals surface area contributed by atoms with Crippen molar-refractivity contribution in [3.8, 4) is 5.75 Å². The molecule has 17 heavy (non-hydrogen) atoms. The Balaban J connectivity index is 2.09. The zero-order valence-electron chi connectivity index (χ0n) is 8.53.